The standard InChI is InChI=1S/C14H20N2O3S/c1-11-4-3-5-12(8-11)9-16(20(2,18)19)10-14(17)15-13-6-7-13/h3-5,8,13H,6-7,9-10H2,1-2H3,(H,15,17). The van der Waals surface area contributed by atoms with E-state index in [0.29, 0.717) is 0 Å². The van der Waals surface area contributed by atoms with Gasteiger partial charge in [-0.3, -0.25) is 4.79 Å². The number of nitrogens with zero attached hydrogens (tertiary/aromatic N) is 1. The van der Waals surface area contributed by atoms with Gasteiger partial charge in [0.05, 0.1) is 12.8 Å². The average Bonchev–Trinajstić information content (AvgIpc) is 3.11. The Morgan fingerprint density at radius 3 is 2.65 bits per heavy atom. The van der Waals surface area contributed by atoms with E-state index in [9.17, 15) is 13.2 Å². The maximum Gasteiger partial charge on any atom is 0.235 e. The molecule has 0 atom stereocenters. The van der Waals surface area contributed by atoms with Crippen LogP contribution in [0.1, 0.15) is 24.0 Å². The van der Waals surface area contributed by atoms with Gasteiger partial charge in [-0.15, -0.1) is 0 Å². The largest absolute Gasteiger partial charge is 0.352 e. The van der Waals surface area contributed by atoms with Crippen LogP contribution in [0.5, 0.6) is 0 Å². The summed E-state index contributed by atoms with van der Waals surface area (Å²) in [6.07, 6.45) is 3.11. The zero-order chi connectivity index (χ0) is 14.8. The van der Waals surface area contributed by atoms with Crippen molar-refractivity contribution in [3.63, 3.8) is 0 Å². The number of carbonyl (C=O) groups excluding carboxylic acids is 1. The smallest absolute Gasteiger partial charge is 0.235 e. The Labute approximate surface area is 120 Å². The second kappa shape index (κ2) is 5.93. The summed E-state index contributed by atoms with van der Waals surface area (Å²) in [6.45, 7) is 2.05. The molecule has 1 N–H and O–H groups in total. The summed E-state index contributed by atoms with van der Waals surface area (Å²) in [5, 5.41) is 2.81. The van der Waals surface area contributed by atoms with Gasteiger partial charge in [0.15, 0.2) is 0 Å². The van der Waals surface area contributed by atoms with Gasteiger partial charge in [0.25, 0.3) is 0 Å². The number of rotatable bonds is 6. The number of aryl methyl sites for hydroxylation is 1. The van der Waals surface area contributed by atoms with E-state index >= 15 is 0 Å². The van der Waals surface area contributed by atoms with Crippen LogP contribution in [0.2, 0.25) is 0 Å². The van der Waals surface area contributed by atoms with Gasteiger partial charge >= 0.3 is 0 Å². The van der Waals surface area contributed by atoms with E-state index in [1.165, 1.54) is 4.31 Å². The van der Waals surface area contributed by atoms with E-state index in [-0.39, 0.29) is 25.0 Å². The van der Waals surface area contributed by atoms with Crippen molar-refractivity contribution in [1.29, 1.82) is 0 Å². The number of hydrogen-bond donors (Lipinski definition) is 1. The molecule has 0 aliphatic heterocycles. The second-order valence-electron chi connectivity index (χ2n) is 5.36. The second-order valence-corrected chi connectivity index (χ2v) is 7.34. The Kier molecular flexibility index (Phi) is 4.45. The molecule has 1 aliphatic rings. The van der Waals surface area contributed by atoms with Crippen LogP contribution in [0.25, 0.3) is 0 Å². The van der Waals surface area contributed by atoms with Gasteiger partial charge in [0.2, 0.25) is 15.9 Å². The Hall–Kier alpha value is -1.40. The van der Waals surface area contributed by atoms with E-state index in [1.807, 2.05) is 31.2 Å². The number of hydrogen-bond acceptors (Lipinski definition) is 3. The van der Waals surface area contributed by atoms with Gasteiger partial charge < -0.3 is 5.32 Å². The summed E-state index contributed by atoms with van der Waals surface area (Å²) in [4.78, 5) is 11.8. The third-order valence-electron chi connectivity index (χ3n) is 3.17. The average molecular weight is 296 g/mol. The summed E-state index contributed by atoms with van der Waals surface area (Å²) in [5.41, 5.74) is 1.95. The first-order chi connectivity index (χ1) is 9.34. The zero-order valence-electron chi connectivity index (χ0n) is 11.8. The number of nitrogens with one attached hydrogen (secondary N) is 1. The summed E-state index contributed by atoms with van der Waals surface area (Å²) < 4.78 is 24.8. The van der Waals surface area contributed by atoms with Crippen LogP contribution in [0, 0.1) is 6.92 Å². The molecule has 0 spiro atoms. The number of amides is 1. The maximum atomic E-state index is 11.8. The molecule has 1 amide bonds. The molecule has 20 heavy (non-hydrogen) atoms. The molecular formula is C14H20N2O3S. The van der Waals surface area contributed by atoms with E-state index in [0.717, 1.165) is 30.2 Å². The highest BCUT2D eigenvalue weighted by molar-refractivity contribution is 7.88. The van der Waals surface area contributed by atoms with Crippen molar-refractivity contribution in [1.82, 2.24) is 9.62 Å². The molecular weight excluding hydrogens is 276 g/mol. The Morgan fingerprint density at radius 1 is 1.40 bits per heavy atom. The normalized spacial score (nSPS) is 15.3. The van der Waals surface area contributed by atoms with Gasteiger partial charge in [-0.1, -0.05) is 29.8 Å². The summed E-state index contributed by atoms with van der Waals surface area (Å²) in [7, 11) is -3.41. The van der Waals surface area contributed by atoms with E-state index < -0.39 is 10.0 Å². The maximum absolute atomic E-state index is 11.8. The zero-order valence-corrected chi connectivity index (χ0v) is 12.6. The molecule has 2 rings (SSSR count). The molecule has 0 aromatic heterocycles. The molecule has 1 aromatic carbocycles. The Morgan fingerprint density at radius 2 is 2.10 bits per heavy atom. The van der Waals surface area contributed by atoms with Crippen molar-refractivity contribution in [3.8, 4) is 0 Å². The minimum absolute atomic E-state index is 0.122. The molecule has 1 saturated carbocycles. The minimum atomic E-state index is -3.41. The first kappa shape index (κ1) is 15.0. The fraction of sp³-hybridized carbons (Fsp3) is 0.500. The fourth-order valence-electron chi connectivity index (χ4n) is 1.97. The van der Waals surface area contributed by atoms with Crippen LogP contribution in [-0.2, 0) is 21.4 Å². The van der Waals surface area contributed by atoms with Crippen LogP contribution in [0.15, 0.2) is 24.3 Å². The molecule has 110 valence electrons. The monoisotopic (exact) mass is 296 g/mol. The number of carbonyl (C=O) groups is 1. The number of sulfonamides is 1. The lowest BCUT2D eigenvalue weighted by Gasteiger charge is -2.19. The summed E-state index contributed by atoms with van der Waals surface area (Å²) >= 11 is 0. The highest BCUT2D eigenvalue weighted by Crippen LogP contribution is 2.18. The quantitative estimate of drug-likeness (QED) is 0.853. The lowest BCUT2D eigenvalue weighted by molar-refractivity contribution is -0.121. The SMILES string of the molecule is Cc1cccc(CN(CC(=O)NC2CC2)S(C)(=O)=O)c1. The van der Waals surface area contributed by atoms with Crippen LogP contribution in [-0.4, -0.2) is 37.5 Å². The Bertz CT molecular complexity index is 594. The fourth-order valence-corrected chi connectivity index (χ4v) is 2.70. The first-order valence-corrected chi connectivity index (χ1v) is 8.49. The molecule has 5 nitrogen and oxygen atoms in total. The van der Waals surface area contributed by atoms with Crippen molar-refractivity contribution >= 4 is 15.9 Å². The van der Waals surface area contributed by atoms with Crippen LogP contribution in [0.4, 0.5) is 0 Å². The molecule has 1 fully saturated rings. The van der Waals surface area contributed by atoms with Crippen LogP contribution >= 0.6 is 0 Å². The molecule has 0 saturated heterocycles. The summed E-state index contributed by atoms with van der Waals surface area (Å²) in [6, 6.07) is 7.87. The molecule has 6 heteroatoms. The lowest BCUT2D eigenvalue weighted by Crippen LogP contribution is -2.40. The Balaban J connectivity index is 2.05. The molecule has 1 aromatic rings. The van der Waals surface area contributed by atoms with Gasteiger partial charge in [-0.25, -0.2) is 8.42 Å². The number of benzene rings is 1. The van der Waals surface area contributed by atoms with Gasteiger partial charge in [0, 0.05) is 12.6 Å². The van der Waals surface area contributed by atoms with Crippen molar-refractivity contribution in [2.24, 2.45) is 0 Å². The minimum Gasteiger partial charge on any atom is -0.352 e. The summed E-state index contributed by atoms with van der Waals surface area (Å²) in [5.74, 6) is -0.231. The highest BCUT2D eigenvalue weighted by Gasteiger charge is 2.26. The van der Waals surface area contributed by atoms with E-state index in [4.69, 9.17) is 0 Å². The van der Waals surface area contributed by atoms with E-state index in [1.54, 1.807) is 0 Å². The predicted octanol–water partition coefficient (Wildman–Crippen LogP) is 1.04. The van der Waals surface area contributed by atoms with Crippen LogP contribution in [0.3, 0.4) is 0 Å². The van der Waals surface area contributed by atoms with Gasteiger partial charge in [0.1, 0.15) is 0 Å². The van der Waals surface area contributed by atoms with Gasteiger partial charge in [-0.05, 0) is 25.3 Å². The molecule has 0 unspecified atom stereocenters. The first-order valence-electron chi connectivity index (χ1n) is 6.64. The lowest BCUT2D eigenvalue weighted by atomic mass is 10.1. The van der Waals surface area contributed by atoms with Crippen molar-refractivity contribution in [2.75, 3.05) is 12.8 Å². The van der Waals surface area contributed by atoms with Crippen molar-refractivity contribution < 1.29 is 13.2 Å². The third-order valence-corrected chi connectivity index (χ3v) is 4.37. The third kappa shape index (κ3) is 4.61. The highest BCUT2D eigenvalue weighted by atomic mass is 32.2. The van der Waals surface area contributed by atoms with Crippen LogP contribution < -0.4 is 5.32 Å². The van der Waals surface area contributed by atoms with E-state index in [2.05, 4.69) is 5.32 Å². The van der Waals surface area contributed by atoms with Gasteiger partial charge in [-0.2, -0.15) is 4.31 Å². The molecule has 0 bridgehead atoms. The van der Waals surface area contributed by atoms with Crippen molar-refractivity contribution in [2.45, 2.75) is 32.4 Å². The van der Waals surface area contributed by atoms with Crippen molar-refractivity contribution in [3.05, 3.63) is 35.4 Å². The molecule has 0 heterocycles. The topological polar surface area (TPSA) is 66.5 Å². The molecule has 1 aliphatic carbocycles. The predicted molar refractivity (Wildman–Crippen MR) is 77.6 cm³/mol. The molecule has 0 radical (unpaired) electrons.